The molecule has 1 amide bonds. The highest BCUT2D eigenvalue weighted by atomic mass is 79.9. The van der Waals surface area contributed by atoms with E-state index in [9.17, 15) is 9.59 Å². The van der Waals surface area contributed by atoms with Gasteiger partial charge >= 0.3 is 5.97 Å². The van der Waals surface area contributed by atoms with E-state index in [0.717, 1.165) is 10.2 Å². The number of carbonyl (C=O) groups is 2. The quantitative estimate of drug-likeness (QED) is 0.842. The Morgan fingerprint density at radius 1 is 1.45 bits per heavy atom. The van der Waals surface area contributed by atoms with Crippen LogP contribution in [-0.2, 0) is 4.79 Å². The molecule has 22 heavy (non-hydrogen) atoms. The third-order valence-corrected chi connectivity index (χ3v) is 3.67. The maximum Gasteiger partial charge on any atom is 0.326 e. The minimum Gasteiger partial charge on any atom is -0.480 e. The molecule has 0 aliphatic carbocycles. The van der Waals surface area contributed by atoms with Gasteiger partial charge in [0.2, 0.25) is 0 Å². The van der Waals surface area contributed by atoms with Crippen molar-refractivity contribution in [1.82, 2.24) is 20.3 Å². The van der Waals surface area contributed by atoms with E-state index in [1.54, 1.807) is 13.8 Å². The molecule has 1 atom stereocenters. The Labute approximate surface area is 135 Å². The fourth-order valence-electron chi connectivity index (χ4n) is 1.96. The molecule has 0 radical (unpaired) electrons. The van der Waals surface area contributed by atoms with Gasteiger partial charge < -0.3 is 10.4 Å². The first-order chi connectivity index (χ1) is 10.4. The Kier molecular flexibility index (Phi) is 4.92. The molecule has 0 saturated heterocycles. The number of rotatable bonds is 5. The zero-order valence-corrected chi connectivity index (χ0v) is 13.7. The summed E-state index contributed by atoms with van der Waals surface area (Å²) in [6.45, 7) is 3.39. The number of carbonyl (C=O) groups excluding carboxylic acids is 1. The highest BCUT2D eigenvalue weighted by molar-refractivity contribution is 9.10. The lowest BCUT2D eigenvalue weighted by molar-refractivity contribution is -0.139. The predicted molar refractivity (Wildman–Crippen MR) is 83.0 cm³/mol. The van der Waals surface area contributed by atoms with E-state index in [4.69, 9.17) is 5.11 Å². The lowest BCUT2D eigenvalue weighted by Gasteiger charge is -2.11. The number of nitrogens with zero attached hydrogens (tertiary/aromatic N) is 3. The molecule has 0 fully saturated rings. The number of carboxylic acid groups (broad SMARTS) is 1. The topological polar surface area (TPSA) is 97.1 Å². The number of amides is 1. The molecule has 2 rings (SSSR count). The number of halogens is 1. The van der Waals surface area contributed by atoms with Gasteiger partial charge in [0.15, 0.2) is 5.69 Å². The molecule has 2 aromatic rings. The van der Waals surface area contributed by atoms with Crippen LogP contribution in [-0.4, -0.2) is 38.0 Å². The van der Waals surface area contributed by atoms with Gasteiger partial charge in [0.25, 0.3) is 5.91 Å². The number of aliphatic carboxylic acids is 1. The third kappa shape index (κ3) is 3.33. The van der Waals surface area contributed by atoms with Crippen molar-refractivity contribution in [3.8, 4) is 5.69 Å². The van der Waals surface area contributed by atoms with Crippen LogP contribution in [0.4, 0.5) is 0 Å². The molecule has 8 heteroatoms. The van der Waals surface area contributed by atoms with E-state index in [1.807, 2.05) is 24.3 Å². The van der Waals surface area contributed by atoms with Crippen LogP contribution in [0.25, 0.3) is 5.69 Å². The minimum atomic E-state index is -1.08. The largest absolute Gasteiger partial charge is 0.480 e. The molecule has 0 spiro atoms. The second-order valence-corrected chi connectivity index (χ2v) is 5.60. The summed E-state index contributed by atoms with van der Waals surface area (Å²) in [6.07, 6.45) is 0.292. The van der Waals surface area contributed by atoms with Crippen molar-refractivity contribution in [2.24, 2.45) is 0 Å². The summed E-state index contributed by atoms with van der Waals surface area (Å²) in [5.74, 6) is -1.62. The van der Waals surface area contributed by atoms with Crippen molar-refractivity contribution in [3.05, 3.63) is 40.1 Å². The molecule has 116 valence electrons. The van der Waals surface area contributed by atoms with Crippen LogP contribution >= 0.6 is 15.9 Å². The minimum absolute atomic E-state index is 0.111. The van der Waals surface area contributed by atoms with E-state index in [0.29, 0.717) is 12.1 Å². The van der Waals surface area contributed by atoms with Crippen molar-refractivity contribution >= 4 is 27.8 Å². The van der Waals surface area contributed by atoms with Crippen LogP contribution in [0.2, 0.25) is 0 Å². The Bertz CT molecular complexity index is 714. The van der Waals surface area contributed by atoms with Gasteiger partial charge in [0.05, 0.1) is 11.4 Å². The van der Waals surface area contributed by atoms with E-state index in [1.165, 1.54) is 4.68 Å². The Morgan fingerprint density at radius 2 is 2.18 bits per heavy atom. The van der Waals surface area contributed by atoms with E-state index >= 15 is 0 Å². The highest BCUT2D eigenvalue weighted by Crippen LogP contribution is 2.17. The average Bonchev–Trinajstić information content (AvgIpc) is 2.86. The van der Waals surface area contributed by atoms with Crippen LogP contribution in [0.15, 0.2) is 28.7 Å². The summed E-state index contributed by atoms with van der Waals surface area (Å²) in [4.78, 5) is 23.1. The van der Waals surface area contributed by atoms with Crippen molar-refractivity contribution < 1.29 is 14.7 Å². The molecule has 1 unspecified atom stereocenters. The maximum absolute atomic E-state index is 12.2. The molecule has 0 aliphatic rings. The smallest absolute Gasteiger partial charge is 0.326 e. The molecule has 1 aromatic heterocycles. The molecule has 1 aromatic carbocycles. The van der Waals surface area contributed by atoms with Crippen molar-refractivity contribution in [3.63, 3.8) is 0 Å². The molecular formula is C14H15BrN4O3. The molecule has 0 saturated carbocycles. The van der Waals surface area contributed by atoms with Crippen LogP contribution in [0.3, 0.4) is 0 Å². The standard InChI is InChI=1S/C14H15BrN4O3/c1-3-11(14(21)22)16-13(20)12-8(2)19(18-17-12)10-6-4-5-9(15)7-10/h4-7,11H,3H2,1-2H3,(H,16,20)(H,21,22). The normalized spacial score (nSPS) is 12.0. The molecule has 1 heterocycles. The first kappa shape index (κ1) is 16.2. The number of benzene rings is 1. The zero-order valence-electron chi connectivity index (χ0n) is 12.1. The molecule has 7 nitrogen and oxygen atoms in total. The molecule has 0 aliphatic heterocycles. The van der Waals surface area contributed by atoms with Gasteiger partial charge in [-0.2, -0.15) is 0 Å². The molecule has 0 bridgehead atoms. The maximum atomic E-state index is 12.2. The second-order valence-electron chi connectivity index (χ2n) is 4.69. The van der Waals surface area contributed by atoms with Crippen LogP contribution in [0.5, 0.6) is 0 Å². The summed E-state index contributed by atoms with van der Waals surface area (Å²) >= 11 is 3.37. The van der Waals surface area contributed by atoms with Gasteiger partial charge in [-0.3, -0.25) is 4.79 Å². The first-order valence-electron chi connectivity index (χ1n) is 6.66. The number of hydrogen-bond donors (Lipinski definition) is 2. The van der Waals surface area contributed by atoms with Crippen LogP contribution < -0.4 is 5.32 Å². The van der Waals surface area contributed by atoms with Gasteiger partial charge in [-0.05, 0) is 31.5 Å². The summed E-state index contributed by atoms with van der Waals surface area (Å²) < 4.78 is 2.41. The summed E-state index contributed by atoms with van der Waals surface area (Å²) in [7, 11) is 0. The monoisotopic (exact) mass is 366 g/mol. The summed E-state index contributed by atoms with van der Waals surface area (Å²) in [5, 5.41) is 19.3. The Balaban J connectivity index is 2.27. The Hall–Kier alpha value is -2.22. The zero-order chi connectivity index (χ0) is 16.3. The van der Waals surface area contributed by atoms with E-state index in [-0.39, 0.29) is 5.69 Å². The predicted octanol–water partition coefficient (Wildman–Crippen LogP) is 1.93. The highest BCUT2D eigenvalue weighted by Gasteiger charge is 2.23. The third-order valence-electron chi connectivity index (χ3n) is 3.17. The van der Waals surface area contributed by atoms with Gasteiger partial charge in [-0.25, -0.2) is 9.48 Å². The van der Waals surface area contributed by atoms with Gasteiger partial charge in [-0.1, -0.05) is 34.1 Å². The fourth-order valence-corrected chi connectivity index (χ4v) is 2.34. The lowest BCUT2D eigenvalue weighted by Crippen LogP contribution is -2.40. The molecular weight excluding hydrogens is 352 g/mol. The van der Waals surface area contributed by atoms with E-state index in [2.05, 4.69) is 31.6 Å². The van der Waals surface area contributed by atoms with Crippen molar-refractivity contribution in [2.45, 2.75) is 26.3 Å². The van der Waals surface area contributed by atoms with Crippen LogP contribution in [0, 0.1) is 6.92 Å². The SMILES string of the molecule is CCC(NC(=O)c1nnn(-c2cccc(Br)c2)c1C)C(=O)O. The average molecular weight is 367 g/mol. The van der Waals surface area contributed by atoms with Crippen molar-refractivity contribution in [1.29, 1.82) is 0 Å². The Morgan fingerprint density at radius 3 is 2.77 bits per heavy atom. The van der Waals surface area contributed by atoms with Gasteiger partial charge in [-0.15, -0.1) is 5.10 Å². The van der Waals surface area contributed by atoms with Gasteiger partial charge in [0, 0.05) is 4.47 Å². The number of carboxylic acids is 1. The summed E-state index contributed by atoms with van der Waals surface area (Å²) in [5.41, 5.74) is 1.40. The number of aromatic nitrogens is 3. The van der Waals surface area contributed by atoms with Crippen molar-refractivity contribution in [2.75, 3.05) is 0 Å². The first-order valence-corrected chi connectivity index (χ1v) is 7.45. The number of nitrogens with one attached hydrogen (secondary N) is 1. The fraction of sp³-hybridized carbons (Fsp3) is 0.286. The van der Waals surface area contributed by atoms with Gasteiger partial charge in [0.1, 0.15) is 6.04 Å². The molecule has 2 N–H and O–H groups in total. The second kappa shape index (κ2) is 6.69. The van der Waals surface area contributed by atoms with E-state index < -0.39 is 17.9 Å². The summed E-state index contributed by atoms with van der Waals surface area (Å²) in [6, 6.07) is 6.46. The lowest BCUT2D eigenvalue weighted by atomic mass is 10.2. The van der Waals surface area contributed by atoms with Crippen LogP contribution in [0.1, 0.15) is 29.5 Å². The number of hydrogen-bond acceptors (Lipinski definition) is 4.